The van der Waals surface area contributed by atoms with Crippen LogP contribution in [-0.4, -0.2) is 53.3 Å². The first-order valence-electron chi connectivity index (χ1n) is 12.3. The molecule has 0 aliphatic carbocycles. The van der Waals surface area contributed by atoms with Gasteiger partial charge in [0.15, 0.2) is 0 Å². The number of piperazine rings is 1. The van der Waals surface area contributed by atoms with Gasteiger partial charge in [-0.05, 0) is 61.2 Å². The van der Waals surface area contributed by atoms with E-state index >= 15 is 0 Å². The van der Waals surface area contributed by atoms with Crippen molar-refractivity contribution >= 4 is 40.7 Å². The van der Waals surface area contributed by atoms with Crippen LogP contribution in [-0.2, 0) is 4.79 Å². The molecule has 1 N–H and O–H groups in total. The molecule has 0 saturated carbocycles. The van der Waals surface area contributed by atoms with Gasteiger partial charge >= 0.3 is 6.03 Å². The van der Waals surface area contributed by atoms with E-state index in [1.54, 1.807) is 39.3 Å². The lowest BCUT2D eigenvalue weighted by Gasteiger charge is -2.35. The molecule has 0 radical (unpaired) electrons. The molecule has 8 nitrogen and oxygen atoms in total. The molecule has 3 heterocycles. The Balaban J connectivity index is 1.69. The highest BCUT2D eigenvalue weighted by atomic mass is 35.5. The molecule has 2 unspecified atom stereocenters. The van der Waals surface area contributed by atoms with E-state index in [9.17, 15) is 14.9 Å². The summed E-state index contributed by atoms with van der Waals surface area (Å²) < 4.78 is 6.11. The van der Waals surface area contributed by atoms with E-state index in [0.717, 1.165) is 10.4 Å². The quantitative estimate of drug-likeness (QED) is 0.477. The van der Waals surface area contributed by atoms with Crippen molar-refractivity contribution in [1.29, 1.82) is 5.26 Å². The molecular weight excluding hydrogens is 522 g/mol. The number of nitrogens with one attached hydrogen (secondary N) is 1. The molecule has 5 rings (SSSR count). The second-order valence-corrected chi connectivity index (χ2v) is 10.7. The minimum absolute atomic E-state index is 0.0336. The molecule has 194 valence electrons. The number of carbonyl (C=O) groups is 2. The van der Waals surface area contributed by atoms with Gasteiger partial charge in [0.05, 0.1) is 23.3 Å². The first-order chi connectivity index (χ1) is 18.4. The molecule has 1 saturated heterocycles. The Hall–Kier alpha value is -3.87. The average molecular weight is 548 g/mol. The average Bonchev–Trinajstić information content (AvgIpc) is 3.56. The van der Waals surface area contributed by atoms with Crippen LogP contribution in [0.2, 0.25) is 5.02 Å². The fourth-order valence-corrected chi connectivity index (χ4v) is 5.66. The van der Waals surface area contributed by atoms with Crippen molar-refractivity contribution in [3.05, 3.63) is 86.6 Å². The van der Waals surface area contributed by atoms with E-state index in [4.69, 9.17) is 21.3 Å². The van der Waals surface area contributed by atoms with Gasteiger partial charge in [-0.1, -0.05) is 29.8 Å². The zero-order valence-corrected chi connectivity index (χ0v) is 22.5. The van der Waals surface area contributed by atoms with Gasteiger partial charge in [0, 0.05) is 23.0 Å². The molecule has 3 amide bonds. The first kappa shape index (κ1) is 25.8. The molecule has 1 aromatic heterocycles. The van der Waals surface area contributed by atoms with Crippen molar-refractivity contribution in [1.82, 2.24) is 15.1 Å². The summed E-state index contributed by atoms with van der Waals surface area (Å²) in [6.07, 6.45) is -0.167. The second kappa shape index (κ2) is 10.9. The van der Waals surface area contributed by atoms with Crippen LogP contribution in [0.1, 0.15) is 47.5 Å². The smallest absolute Gasteiger partial charge is 0.326 e. The van der Waals surface area contributed by atoms with Crippen LogP contribution in [0, 0.1) is 11.3 Å². The molecule has 0 bridgehead atoms. The van der Waals surface area contributed by atoms with E-state index in [-0.39, 0.29) is 24.6 Å². The fraction of sp³-hybridized carbons (Fsp3) is 0.286. The molecule has 2 aliphatic heterocycles. The summed E-state index contributed by atoms with van der Waals surface area (Å²) in [7, 11) is 0. The number of ether oxygens (including phenoxy) is 1. The van der Waals surface area contributed by atoms with Crippen molar-refractivity contribution in [3.63, 3.8) is 0 Å². The zero-order chi connectivity index (χ0) is 26.8. The maximum atomic E-state index is 14.2. The third kappa shape index (κ3) is 5.10. The minimum atomic E-state index is -0.453. The summed E-state index contributed by atoms with van der Waals surface area (Å²) in [5, 5.41) is 14.9. The Morgan fingerprint density at radius 1 is 1.24 bits per heavy atom. The monoisotopic (exact) mass is 547 g/mol. The standard InChI is InChI=1S/C28H26ClN5O3S/c1-17(2)37-22-14-18(15-30)5-10-21(22)27-32-25(19-6-8-20(29)9-7-19)26(23-4-3-13-38-23)34(27)28(36)33-12-11-31-24(35)16-33/h3-10,13-14,17,25-26H,11-12,16H2,1-2H3,(H,31,35). The Morgan fingerprint density at radius 2 is 2.03 bits per heavy atom. The third-order valence-corrected chi connectivity index (χ3v) is 7.54. The van der Waals surface area contributed by atoms with E-state index in [1.165, 1.54) is 0 Å². The summed E-state index contributed by atoms with van der Waals surface area (Å²) >= 11 is 7.73. The number of benzene rings is 2. The number of hydrogen-bond acceptors (Lipinski definition) is 6. The maximum Gasteiger partial charge on any atom is 0.326 e. The second-order valence-electron chi connectivity index (χ2n) is 9.32. The van der Waals surface area contributed by atoms with E-state index in [0.29, 0.717) is 40.8 Å². The molecule has 0 spiro atoms. The normalized spacial score (nSPS) is 19.2. The number of hydrogen-bond donors (Lipinski definition) is 1. The van der Waals surface area contributed by atoms with Gasteiger partial charge in [0.2, 0.25) is 5.91 Å². The van der Waals surface area contributed by atoms with Gasteiger partial charge < -0.3 is 15.0 Å². The number of nitrogens with zero attached hydrogens (tertiary/aromatic N) is 4. The van der Waals surface area contributed by atoms with Crippen molar-refractivity contribution < 1.29 is 14.3 Å². The Kier molecular flexibility index (Phi) is 7.36. The molecular formula is C28H26ClN5O3S. The summed E-state index contributed by atoms with van der Waals surface area (Å²) in [6.45, 7) is 4.54. The van der Waals surface area contributed by atoms with Crippen LogP contribution in [0.5, 0.6) is 5.75 Å². The molecule has 38 heavy (non-hydrogen) atoms. The highest BCUT2D eigenvalue weighted by Gasteiger charge is 2.45. The van der Waals surface area contributed by atoms with Crippen LogP contribution in [0.15, 0.2) is 65.0 Å². The van der Waals surface area contributed by atoms with Crippen LogP contribution < -0.4 is 10.1 Å². The summed E-state index contributed by atoms with van der Waals surface area (Å²) in [5.74, 6) is 0.694. The van der Waals surface area contributed by atoms with E-state index < -0.39 is 12.1 Å². The third-order valence-electron chi connectivity index (χ3n) is 6.34. The zero-order valence-electron chi connectivity index (χ0n) is 20.9. The maximum absolute atomic E-state index is 14.2. The predicted molar refractivity (Wildman–Crippen MR) is 147 cm³/mol. The van der Waals surface area contributed by atoms with E-state index in [2.05, 4.69) is 11.4 Å². The number of halogens is 1. The lowest BCUT2D eigenvalue weighted by molar-refractivity contribution is -0.123. The number of aliphatic imine (C=N–C) groups is 1. The molecule has 3 aromatic rings. The Bertz CT molecular complexity index is 1420. The highest BCUT2D eigenvalue weighted by molar-refractivity contribution is 7.10. The largest absolute Gasteiger partial charge is 0.490 e. The molecule has 1 fully saturated rings. The van der Waals surface area contributed by atoms with Crippen molar-refractivity contribution in [2.24, 2.45) is 4.99 Å². The highest BCUT2D eigenvalue weighted by Crippen LogP contribution is 2.46. The predicted octanol–water partition coefficient (Wildman–Crippen LogP) is 5.16. The number of thiophene rings is 1. The van der Waals surface area contributed by atoms with Gasteiger partial charge in [-0.3, -0.25) is 14.7 Å². The number of urea groups is 1. The number of amidine groups is 1. The van der Waals surface area contributed by atoms with Gasteiger partial charge in [0.1, 0.15) is 30.2 Å². The van der Waals surface area contributed by atoms with Crippen LogP contribution in [0.4, 0.5) is 4.79 Å². The molecule has 10 heteroatoms. The Morgan fingerprint density at radius 3 is 2.68 bits per heavy atom. The van der Waals surface area contributed by atoms with Gasteiger partial charge in [-0.15, -0.1) is 11.3 Å². The SMILES string of the molecule is CC(C)Oc1cc(C#N)ccc1C1=NC(c2ccc(Cl)cc2)C(c2cccs2)N1C(=O)N1CCNC(=O)C1. The number of nitriles is 1. The minimum Gasteiger partial charge on any atom is -0.490 e. The van der Waals surface area contributed by atoms with Crippen LogP contribution in [0.3, 0.4) is 0 Å². The van der Waals surface area contributed by atoms with Gasteiger partial charge in [-0.2, -0.15) is 5.26 Å². The number of carbonyl (C=O) groups excluding carboxylic acids is 2. The van der Waals surface area contributed by atoms with Crippen molar-refractivity contribution in [3.8, 4) is 11.8 Å². The topological polar surface area (TPSA) is 98.0 Å². The lowest BCUT2D eigenvalue weighted by atomic mass is 9.98. The lowest BCUT2D eigenvalue weighted by Crippen LogP contribution is -2.55. The number of rotatable bonds is 5. The van der Waals surface area contributed by atoms with Crippen molar-refractivity contribution in [2.45, 2.75) is 32.0 Å². The number of amides is 3. The molecule has 2 atom stereocenters. The molecule has 2 aliphatic rings. The molecule has 2 aromatic carbocycles. The Labute approximate surface area is 230 Å². The van der Waals surface area contributed by atoms with Crippen molar-refractivity contribution in [2.75, 3.05) is 19.6 Å². The fourth-order valence-electron chi connectivity index (χ4n) is 4.69. The van der Waals surface area contributed by atoms with Gasteiger partial charge in [-0.25, -0.2) is 4.79 Å². The van der Waals surface area contributed by atoms with Crippen LogP contribution >= 0.6 is 22.9 Å². The van der Waals surface area contributed by atoms with E-state index in [1.807, 2.05) is 55.6 Å². The summed E-state index contributed by atoms with van der Waals surface area (Å²) in [6, 6.07) is 17.5. The van der Waals surface area contributed by atoms with Gasteiger partial charge in [0.25, 0.3) is 0 Å². The summed E-state index contributed by atoms with van der Waals surface area (Å²) in [5.41, 5.74) is 1.94. The summed E-state index contributed by atoms with van der Waals surface area (Å²) in [4.78, 5) is 35.7. The van der Waals surface area contributed by atoms with Crippen LogP contribution in [0.25, 0.3) is 0 Å². The first-order valence-corrected chi connectivity index (χ1v) is 13.5.